The van der Waals surface area contributed by atoms with E-state index < -0.39 is 6.03 Å². The van der Waals surface area contributed by atoms with Gasteiger partial charge in [-0.15, -0.1) is 11.3 Å². The summed E-state index contributed by atoms with van der Waals surface area (Å²) in [6, 6.07) is 8.48. The maximum atomic E-state index is 12.0. The summed E-state index contributed by atoms with van der Waals surface area (Å²) in [5.41, 5.74) is 0.529. The molecule has 0 unspecified atom stereocenters. The smallest absolute Gasteiger partial charge is 0.325 e. The first-order valence-corrected chi connectivity index (χ1v) is 8.69. The molecule has 8 heteroatoms. The number of carbonyl (C=O) groups excluding carboxylic acids is 2. The van der Waals surface area contributed by atoms with E-state index in [0.29, 0.717) is 36.9 Å². The van der Waals surface area contributed by atoms with Gasteiger partial charge in [0.25, 0.3) is 0 Å². The number of anilines is 1. The zero-order valence-electron chi connectivity index (χ0n) is 13.8. The first kappa shape index (κ1) is 17.2. The van der Waals surface area contributed by atoms with Gasteiger partial charge < -0.3 is 14.8 Å². The molecule has 0 atom stereocenters. The summed E-state index contributed by atoms with van der Waals surface area (Å²) in [5, 5.41) is 6.93. The number of hydrogen-bond acceptors (Lipinski definition) is 6. The summed E-state index contributed by atoms with van der Waals surface area (Å²) in [6.07, 6.45) is 0. The number of thiophene rings is 1. The Labute approximate surface area is 149 Å². The second kappa shape index (κ2) is 8.00. The van der Waals surface area contributed by atoms with E-state index in [0.717, 1.165) is 4.88 Å². The summed E-state index contributed by atoms with van der Waals surface area (Å²) < 4.78 is 10.9. The summed E-state index contributed by atoms with van der Waals surface area (Å²) in [5.74, 6) is 0.851. The van der Waals surface area contributed by atoms with Crippen LogP contribution in [0.2, 0.25) is 0 Å². The van der Waals surface area contributed by atoms with Crippen molar-refractivity contribution in [1.29, 1.82) is 0 Å². The molecule has 0 spiro atoms. The van der Waals surface area contributed by atoms with Crippen molar-refractivity contribution in [3.63, 3.8) is 0 Å². The van der Waals surface area contributed by atoms with Crippen molar-refractivity contribution in [3.05, 3.63) is 40.6 Å². The highest BCUT2D eigenvalue weighted by Crippen LogP contribution is 2.32. The fourth-order valence-electron chi connectivity index (χ4n) is 2.42. The van der Waals surface area contributed by atoms with Gasteiger partial charge in [-0.3, -0.25) is 15.0 Å². The van der Waals surface area contributed by atoms with Crippen LogP contribution in [0.15, 0.2) is 35.7 Å². The minimum absolute atomic E-state index is 0.131. The predicted octanol–water partition coefficient (Wildman–Crippen LogP) is 2.30. The van der Waals surface area contributed by atoms with Gasteiger partial charge in [0.15, 0.2) is 11.5 Å². The standard InChI is InChI=1S/C17H19N3O4S/c1-20(10-13-3-2-8-25-13)11-16(21)19-17(22)18-12-4-5-14-15(9-12)24-7-6-23-14/h2-5,8-9H,6-7,10-11H2,1H3,(H2,18,19,21,22). The van der Waals surface area contributed by atoms with Crippen LogP contribution in [-0.2, 0) is 11.3 Å². The number of nitrogens with zero attached hydrogens (tertiary/aromatic N) is 1. The number of ether oxygens (including phenoxy) is 2. The maximum absolute atomic E-state index is 12.0. The van der Waals surface area contributed by atoms with Crippen LogP contribution in [0.3, 0.4) is 0 Å². The van der Waals surface area contributed by atoms with Gasteiger partial charge in [0, 0.05) is 23.2 Å². The molecule has 1 aromatic carbocycles. The maximum Gasteiger partial charge on any atom is 0.325 e. The molecule has 0 fully saturated rings. The van der Waals surface area contributed by atoms with Gasteiger partial charge in [-0.25, -0.2) is 4.79 Å². The van der Waals surface area contributed by atoms with E-state index in [1.807, 2.05) is 29.5 Å². The van der Waals surface area contributed by atoms with E-state index in [2.05, 4.69) is 10.6 Å². The molecule has 132 valence electrons. The fraction of sp³-hybridized carbons (Fsp3) is 0.294. The lowest BCUT2D eigenvalue weighted by molar-refractivity contribution is -0.120. The van der Waals surface area contributed by atoms with Crippen molar-refractivity contribution < 1.29 is 19.1 Å². The monoisotopic (exact) mass is 361 g/mol. The Morgan fingerprint density at radius 1 is 1.20 bits per heavy atom. The van der Waals surface area contributed by atoms with Gasteiger partial charge in [0.1, 0.15) is 13.2 Å². The number of rotatable bonds is 5. The van der Waals surface area contributed by atoms with Crippen molar-refractivity contribution in [2.75, 3.05) is 32.1 Å². The molecule has 2 aromatic rings. The van der Waals surface area contributed by atoms with Crippen molar-refractivity contribution >= 4 is 29.0 Å². The Hall–Kier alpha value is -2.58. The van der Waals surface area contributed by atoms with Crippen LogP contribution in [0.5, 0.6) is 11.5 Å². The molecule has 0 saturated heterocycles. The van der Waals surface area contributed by atoms with Crippen molar-refractivity contribution in [3.8, 4) is 11.5 Å². The molecule has 2 N–H and O–H groups in total. The van der Waals surface area contributed by atoms with Crippen LogP contribution in [0.25, 0.3) is 0 Å². The zero-order valence-corrected chi connectivity index (χ0v) is 14.6. The number of likely N-dealkylation sites (N-methyl/N-ethyl adjacent to an activating group) is 1. The van der Waals surface area contributed by atoms with Gasteiger partial charge >= 0.3 is 6.03 Å². The van der Waals surface area contributed by atoms with Crippen molar-refractivity contribution in [1.82, 2.24) is 10.2 Å². The lowest BCUT2D eigenvalue weighted by Gasteiger charge is -2.19. The van der Waals surface area contributed by atoms with Crippen LogP contribution in [0.4, 0.5) is 10.5 Å². The minimum Gasteiger partial charge on any atom is -0.486 e. The fourth-order valence-corrected chi connectivity index (χ4v) is 3.20. The Morgan fingerprint density at radius 3 is 2.76 bits per heavy atom. The predicted molar refractivity (Wildman–Crippen MR) is 95.2 cm³/mol. The molecule has 25 heavy (non-hydrogen) atoms. The highest BCUT2D eigenvalue weighted by Gasteiger charge is 2.14. The van der Waals surface area contributed by atoms with Gasteiger partial charge in [-0.1, -0.05) is 6.07 Å². The third-order valence-corrected chi connectivity index (χ3v) is 4.33. The Balaban J connectivity index is 1.47. The van der Waals surface area contributed by atoms with Crippen LogP contribution in [0.1, 0.15) is 4.88 Å². The number of fused-ring (bicyclic) bond motifs is 1. The SMILES string of the molecule is CN(CC(=O)NC(=O)Nc1ccc2c(c1)OCCO2)Cc1cccs1. The molecule has 0 bridgehead atoms. The highest BCUT2D eigenvalue weighted by atomic mass is 32.1. The van der Waals surface area contributed by atoms with Gasteiger partial charge in [0.05, 0.1) is 6.54 Å². The molecule has 3 amide bonds. The lowest BCUT2D eigenvalue weighted by Crippen LogP contribution is -2.40. The average molecular weight is 361 g/mol. The zero-order chi connectivity index (χ0) is 17.6. The quantitative estimate of drug-likeness (QED) is 0.854. The topological polar surface area (TPSA) is 79.9 Å². The highest BCUT2D eigenvalue weighted by molar-refractivity contribution is 7.09. The number of amides is 3. The molecule has 1 aliphatic rings. The van der Waals surface area contributed by atoms with E-state index in [9.17, 15) is 9.59 Å². The first-order valence-electron chi connectivity index (χ1n) is 7.81. The Kier molecular flexibility index (Phi) is 5.52. The van der Waals surface area contributed by atoms with Crippen LogP contribution in [0, 0.1) is 0 Å². The van der Waals surface area contributed by atoms with Crippen LogP contribution >= 0.6 is 11.3 Å². The summed E-state index contributed by atoms with van der Waals surface area (Å²) in [6.45, 7) is 1.77. The molecule has 1 aliphatic heterocycles. The second-order valence-electron chi connectivity index (χ2n) is 5.61. The van der Waals surface area contributed by atoms with E-state index >= 15 is 0 Å². The second-order valence-corrected chi connectivity index (χ2v) is 6.64. The first-order chi connectivity index (χ1) is 12.1. The van der Waals surface area contributed by atoms with Gasteiger partial charge in [-0.05, 0) is 30.6 Å². The molecule has 2 heterocycles. The summed E-state index contributed by atoms with van der Waals surface area (Å²) in [7, 11) is 1.83. The van der Waals surface area contributed by atoms with Crippen LogP contribution in [-0.4, -0.2) is 43.6 Å². The number of imide groups is 1. The molecular formula is C17H19N3O4S. The Morgan fingerprint density at radius 2 is 2.00 bits per heavy atom. The number of urea groups is 1. The number of hydrogen-bond donors (Lipinski definition) is 2. The van der Waals surface area contributed by atoms with E-state index in [-0.39, 0.29) is 12.5 Å². The van der Waals surface area contributed by atoms with Gasteiger partial charge in [-0.2, -0.15) is 0 Å². The molecule has 7 nitrogen and oxygen atoms in total. The lowest BCUT2D eigenvalue weighted by atomic mass is 10.2. The van der Waals surface area contributed by atoms with Crippen LogP contribution < -0.4 is 20.1 Å². The molecule has 0 aliphatic carbocycles. The molecule has 0 saturated carbocycles. The molecule has 1 aromatic heterocycles. The minimum atomic E-state index is -0.578. The number of benzene rings is 1. The third-order valence-electron chi connectivity index (χ3n) is 3.47. The van der Waals surface area contributed by atoms with Gasteiger partial charge in [0.2, 0.25) is 5.91 Å². The number of carbonyl (C=O) groups is 2. The number of nitrogens with one attached hydrogen (secondary N) is 2. The molecule has 3 rings (SSSR count). The average Bonchev–Trinajstić information content (AvgIpc) is 3.07. The van der Waals surface area contributed by atoms with E-state index in [1.165, 1.54) is 0 Å². The Bertz CT molecular complexity index is 748. The van der Waals surface area contributed by atoms with Crippen molar-refractivity contribution in [2.24, 2.45) is 0 Å². The van der Waals surface area contributed by atoms with E-state index in [4.69, 9.17) is 9.47 Å². The van der Waals surface area contributed by atoms with E-state index in [1.54, 1.807) is 29.5 Å². The van der Waals surface area contributed by atoms with Crippen molar-refractivity contribution in [2.45, 2.75) is 6.54 Å². The third kappa shape index (κ3) is 4.94. The summed E-state index contributed by atoms with van der Waals surface area (Å²) >= 11 is 1.63. The largest absolute Gasteiger partial charge is 0.486 e. The molecule has 0 radical (unpaired) electrons. The molecular weight excluding hydrogens is 342 g/mol. The summed E-state index contributed by atoms with van der Waals surface area (Å²) in [4.78, 5) is 26.9. The normalized spacial score (nSPS) is 12.7.